The van der Waals surface area contributed by atoms with Crippen LogP contribution in [0.1, 0.15) is 39.7 Å². The van der Waals surface area contributed by atoms with Crippen LogP contribution in [0.5, 0.6) is 5.75 Å². The Morgan fingerprint density at radius 1 is 1.17 bits per heavy atom. The van der Waals surface area contributed by atoms with Crippen molar-refractivity contribution in [2.24, 2.45) is 0 Å². The van der Waals surface area contributed by atoms with Crippen LogP contribution in [0.2, 0.25) is 0 Å². The number of hydrogen-bond acceptors (Lipinski definition) is 5. The Hall–Kier alpha value is -2.84. The SMILES string of the molecule is Cc1nc(CNC(=O)c2ccc(-c3ccc(OC(F)F)cc3)s2)ccc1C(C)O. The average molecular weight is 418 g/mol. The molecule has 2 heterocycles. The van der Waals surface area contributed by atoms with Crippen molar-refractivity contribution in [3.63, 3.8) is 0 Å². The third kappa shape index (κ3) is 5.36. The maximum atomic E-state index is 12.4. The van der Waals surface area contributed by atoms with Gasteiger partial charge >= 0.3 is 6.61 Å². The van der Waals surface area contributed by atoms with Crippen LogP contribution >= 0.6 is 11.3 Å². The summed E-state index contributed by atoms with van der Waals surface area (Å²) in [6.45, 7) is 0.905. The maximum absolute atomic E-state index is 12.4. The molecule has 0 fully saturated rings. The molecule has 2 N–H and O–H groups in total. The molecule has 8 heteroatoms. The third-order valence-corrected chi connectivity index (χ3v) is 5.39. The number of amides is 1. The summed E-state index contributed by atoms with van der Waals surface area (Å²) in [5.41, 5.74) is 2.99. The molecule has 0 bridgehead atoms. The number of hydrogen-bond donors (Lipinski definition) is 2. The summed E-state index contributed by atoms with van der Waals surface area (Å²) in [7, 11) is 0. The maximum Gasteiger partial charge on any atom is 0.387 e. The number of thiophene rings is 1. The number of ether oxygens (including phenoxy) is 1. The van der Waals surface area contributed by atoms with Crippen LogP contribution in [-0.4, -0.2) is 22.6 Å². The fraction of sp³-hybridized carbons (Fsp3) is 0.238. The second kappa shape index (κ2) is 9.11. The van der Waals surface area contributed by atoms with E-state index in [2.05, 4.69) is 15.0 Å². The van der Waals surface area contributed by atoms with Crippen LogP contribution in [0, 0.1) is 6.92 Å². The topological polar surface area (TPSA) is 71.5 Å². The zero-order valence-electron chi connectivity index (χ0n) is 15.9. The third-order valence-electron chi connectivity index (χ3n) is 4.26. The predicted octanol–water partition coefficient (Wildman–Crippen LogP) is 4.70. The molecule has 1 unspecified atom stereocenters. The number of aryl methyl sites for hydroxylation is 1. The van der Waals surface area contributed by atoms with E-state index in [4.69, 9.17) is 0 Å². The Bertz CT molecular complexity index is 988. The summed E-state index contributed by atoms with van der Waals surface area (Å²) in [5.74, 6) is -0.138. The van der Waals surface area contributed by atoms with E-state index in [0.29, 0.717) is 10.6 Å². The Kier molecular flexibility index (Phi) is 6.56. The van der Waals surface area contributed by atoms with E-state index in [-0.39, 0.29) is 18.2 Å². The lowest BCUT2D eigenvalue weighted by Gasteiger charge is -2.10. The van der Waals surface area contributed by atoms with Gasteiger partial charge in [0.1, 0.15) is 5.75 Å². The van der Waals surface area contributed by atoms with Crippen molar-refractivity contribution in [3.05, 3.63) is 70.4 Å². The lowest BCUT2D eigenvalue weighted by molar-refractivity contribution is -0.0498. The zero-order chi connectivity index (χ0) is 21.0. The number of aliphatic hydroxyl groups is 1. The molecular weight excluding hydrogens is 398 g/mol. The lowest BCUT2D eigenvalue weighted by atomic mass is 10.1. The smallest absolute Gasteiger partial charge is 0.387 e. The molecule has 5 nitrogen and oxygen atoms in total. The minimum absolute atomic E-state index is 0.0858. The van der Waals surface area contributed by atoms with E-state index in [9.17, 15) is 18.7 Å². The predicted molar refractivity (Wildman–Crippen MR) is 107 cm³/mol. The van der Waals surface area contributed by atoms with Gasteiger partial charge in [0.05, 0.1) is 23.2 Å². The molecule has 0 radical (unpaired) electrons. The molecule has 0 spiro atoms. The van der Waals surface area contributed by atoms with Crippen molar-refractivity contribution < 1.29 is 23.4 Å². The van der Waals surface area contributed by atoms with Crippen molar-refractivity contribution in [2.45, 2.75) is 33.1 Å². The van der Waals surface area contributed by atoms with E-state index in [1.807, 2.05) is 13.0 Å². The van der Waals surface area contributed by atoms with Crippen molar-refractivity contribution in [3.8, 4) is 16.2 Å². The molecule has 0 aliphatic heterocycles. The first-order chi connectivity index (χ1) is 13.8. The van der Waals surface area contributed by atoms with Crippen LogP contribution in [0.15, 0.2) is 48.5 Å². The number of carbonyl (C=O) groups excluding carboxylic acids is 1. The van der Waals surface area contributed by atoms with Gasteiger partial charge < -0.3 is 15.2 Å². The molecule has 0 saturated carbocycles. The standard InChI is InChI=1S/C21H20F2N2O3S/c1-12-17(13(2)26)8-5-15(25-12)11-24-20(27)19-10-9-18(29-19)14-3-6-16(7-4-14)28-21(22)23/h3-10,13,21,26H,11H2,1-2H3,(H,24,27). The normalized spacial score (nSPS) is 12.1. The Labute approximate surface area is 171 Å². The molecule has 1 aromatic carbocycles. The fourth-order valence-corrected chi connectivity index (χ4v) is 3.77. The second-order valence-electron chi connectivity index (χ2n) is 6.40. The number of nitrogens with zero attached hydrogens (tertiary/aromatic N) is 1. The molecule has 152 valence electrons. The molecule has 0 saturated heterocycles. The minimum Gasteiger partial charge on any atom is -0.435 e. The van der Waals surface area contributed by atoms with Crippen molar-refractivity contribution in [1.29, 1.82) is 0 Å². The van der Waals surface area contributed by atoms with Gasteiger partial charge in [-0.3, -0.25) is 9.78 Å². The van der Waals surface area contributed by atoms with Gasteiger partial charge in [0.15, 0.2) is 0 Å². The highest BCUT2D eigenvalue weighted by Gasteiger charge is 2.12. The number of alkyl halides is 2. The van der Waals surface area contributed by atoms with Gasteiger partial charge in [-0.1, -0.05) is 6.07 Å². The van der Waals surface area contributed by atoms with Gasteiger partial charge in [-0.15, -0.1) is 11.3 Å². The molecule has 1 amide bonds. The molecule has 1 atom stereocenters. The summed E-state index contributed by atoms with van der Waals surface area (Å²) in [6.07, 6.45) is -0.591. The highest BCUT2D eigenvalue weighted by molar-refractivity contribution is 7.17. The molecule has 0 aliphatic rings. The number of rotatable bonds is 7. The molecule has 2 aromatic heterocycles. The molecule has 29 heavy (non-hydrogen) atoms. The Morgan fingerprint density at radius 2 is 1.90 bits per heavy atom. The molecular formula is C21H20F2N2O3S. The fourth-order valence-electron chi connectivity index (χ4n) is 2.84. The van der Waals surface area contributed by atoms with Gasteiger partial charge in [0.25, 0.3) is 5.91 Å². The van der Waals surface area contributed by atoms with E-state index in [0.717, 1.165) is 21.7 Å². The van der Waals surface area contributed by atoms with E-state index in [1.54, 1.807) is 37.3 Å². The van der Waals surface area contributed by atoms with Crippen LogP contribution in [-0.2, 0) is 6.54 Å². The first-order valence-electron chi connectivity index (χ1n) is 8.91. The summed E-state index contributed by atoms with van der Waals surface area (Å²) in [4.78, 5) is 18.2. The number of aliphatic hydroxyl groups excluding tert-OH is 1. The largest absolute Gasteiger partial charge is 0.435 e. The summed E-state index contributed by atoms with van der Waals surface area (Å²) in [6, 6.07) is 13.4. The average Bonchev–Trinajstić information content (AvgIpc) is 3.16. The van der Waals surface area contributed by atoms with Gasteiger partial charge in [-0.05, 0) is 61.9 Å². The molecule has 0 aliphatic carbocycles. The van der Waals surface area contributed by atoms with Crippen LogP contribution in [0.3, 0.4) is 0 Å². The van der Waals surface area contributed by atoms with Crippen LogP contribution in [0.25, 0.3) is 10.4 Å². The van der Waals surface area contributed by atoms with E-state index >= 15 is 0 Å². The Morgan fingerprint density at radius 3 is 2.52 bits per heavy atom. The number of nitrogens with one attached hydrogen (secondary N) is 1. The quantitative estimate of drug-likeness (QED) is 0.583. The van der Waals surface area contributed by atoms with Crippen LogP contribution in [0.4, 0.5) is 8.78 Å². The number of carbonyl (C=O) groups is 1. The van der Waals surface area contributed by atoms with Crippen LogP contribution < -0.4 is 10.1 Å². The van der Waals surface area contributed by atoms with Gasteiger partial charge in [-0.2, -0.15) is 8.78 Å². The highest BCUT2D eigenvalue weighted by atomic mass is 32.1. The number of halogens is 2. The van der Waals surface area contributed by atoms with Crippen molar-refractivity contribution >= 4 is 17.2 Å². The zero-order valence-corrected chi connectivity index (χ0v) is 16.7. The number of aromatic nitrogens is 1. The molecule has 3 rings (SSSR count). The molecule has 3 aromatic rings. The van der Waals surface area contributed by atoms with E-state index in [1.165, 1.54) is 23.5 Å². The second-order valence-corrected chi connectivity index (χ2v) is 7.49. The van der Waals surface area contributed by atoms with Gasteiger partial charge in [0.2, 0.25) is 0 Å². The Balaban J connectivity index is 1.63. The number of benzene rings is 1. The van der Waals surface area contributed by atoms with Gasteiger partial charge in [-0.25, -0.2) is 0 Å². The lowest BCUT2D eigenvalue weighted by Crippen LogP contribution is -2.22. The van der Waals surface area contributed by atoms with Crippen molar-refractivity contribution in [2.75, 3.05) is 0 Å². The first-order valence-corrected chi connectivity index (χ1v) is 9.73. The summed E-state index contributed by atoms with van der Waals surface area (Å²) >= 11 is 1.30. The van der Waals surface area contributed by atoms with E-state index < -0.39 is 12.7 Å². The van der Waals surface area contributed by atoms with Crippen molar-refractivity contribution in [1.82, 2.24) is 10.3 Å². The summed E-state index contributed by atoms with van der Waals surface area (Å²) in [5, 5.41) is 12.5. The number of pyridine rings is 1. The minimum atomic E-state index is -2.86. The first kappa shape index (κ1) is 20.9. The monoisotopic (exact) mass is 418 g/mol. The van der Waals surface area contributed by atoms with Gasteiger partial charge in [0, 0.05) is 16.1 Å². The summed E-state index contributed by atoms with van der Waals surface area (Å²) < 4.78 is 28.8. The highest BCUT2D eigenvalue weighted by Crippen LogP contribution is 2.30.